The smallest absolute Gasteiger partial charge is 0.197 e. The van der Waals surface area contributed by atoms with E-state index in [1.807, 2.05) is 6.07 Å². The largest absolute Gasteiger partial charge is 0.495 e. The van der Waals surface area contributed by atoms with Crippen LogP contribution in [0.25, 0.3) is 6.08 Å². The molecule has 0 N–H and O–H groups in total. The minimum Gasteiger partial charge on any atom is -0.495 e. The van der Waals surface area contributed by atoms with Gasteiger partial charge in [-0.2, -0.15) is 0 Å². The molecular weight excluding hydrogens is 412 g/mol. The van der Waals surface area contributed by atoms with Crippen molar-refractivity contribution in [2.24, 2.45) is 0 Å². The Morgan fingerprint density at radius 2 is 1.59 bits per heavy atom. The second kappa shape index (κ2) is 5.82. The summed E-state index contributed by atoms with van der Waals surface area (Å²) in [5.41, 5.74) is 1.72. The first-order valence-electron chi connectivity index (χ1n) is 6.46. The van der Waals surface area contributed by atoms with Gasteiger partial charge in [-0.3, -0.25) is 9.59 Å². The number of hydrogen-bond donors (Lipinski definition) is 0. The molecule has 0 radical (unpaired) electrons. The van der Waals surface area contributed by atoms with E-state index in [1.54, 1.807) is 43.5 Å². The molecule has 0 heterocycles. The Labute approximate surface area is 144 Å². The van der Waals surface area contributed by atoms with Crippen LogP contribution in [0, 0.1) is 0 Å². The van der Waals surface area contributed by atoms with Crippen molar-refractivity contribution in [1.82, 2.24) is 0 Å². The van der Waals surface area contributed by atoms with Gasteiger partial charge in [-0.25, -0.2) is 0 Å². The highest BCUT2D eigenvalue weighted by Crippen LogP contribution is 2.36. The number of hydrogen-bond acceptors (Lipinski definition) is 3. The maximum absolute atomic E-state index is 12.4. The number of allylic oxidation sites excluding steroid dienone is 1. The third kappa shape index (κ3) is 2.44. The molecular formula is C17H10Br2O3. The number of ketones is 2. The monoisotopic (exact) mass is 420 g/mol. The van der Waals surface area contributed by atoms with Gasteiger partial charge < -0.3 is 4.74 Å². The van der Waals surface area contributed by atoms with Crippen molar-refractivity contribution >= 4 is 49.5 Å². The fraction of sp³-hybridized carbons (Fsp3) is 0.0588. The molecule has 0 saturated heterocycles. The van der Waals surface area contributed by atoms with Gasteiger partial charge in [-0.1, -0.05) is 40.2 Å². The molecule has 1 aliphatic rings. The van der Waals surface area contributed by atoms with Crippen LogP contribution in [0.4, 0.5) is 0 Å². The minimum atomic E-state index is -0.251. The van der Waals surface area contributed by atoms with Crippen molar-refractivity contribution in [3.8, 4) is 5.75 Å². The van der Waals surface area contributed by atoms with Crippen molar-refractivity contribution in [3.05, 3.63) is 67.6 Å². The van der Waals surface area contributed by atoms with Crippen molar-refractivity contribution in [1.29, 1.82) is 0 Å². The van der Waals surface area contributed by atoms with Crippen molar-refractivity contribution in [2.75, 3.05) is 7.11 Å². The van der Waals surface area contributed by atoms with Gasteiger partial charge >= 0.3 is 0 Å². The first-order chi connectivity index (χ1) is 10.5. The molecule has 0 bridgehead atoms. The number of ether oxygens (including phenoxy) is 1. The van der Waals surface area contributed by atoms with E-state index in [0.29, 0.717) is 22.4 Å². The average molecular weight is 422 g/mol. The van der Waals surface area contributed by atoms with Gasteiger partial charge in [0, 0.05) is 21.2 Å². The maximum Gasteiger partial charge on any atom is 0.197 e. The van der Waals surface area contributed by atoms with Crippen LogP contribution in [0.15, 0.2) is 50.9 Å². The molecule has 0 unspecified atom stereocenters. The summed E-state index contributed by atoms with van der Waals surface area (Å²) in [7, 11) is 1.54. The van der Waals surface area contributed by atoms with Gasteiger partial charge in [0.15, 0.2) is 11.6 Å². The van der Waals surface area contributed by atoms with Crippen LogP contribution < -0.4 is 4.74 Å². The first kappa shape index (κ1) is 15.2. The van der Waals surface area contributed by atoms with Crippen LogP contribution in [-0.2, 0) is 0 Å². The number of Topliss-reactive ketones (excluding diaryl/α,β-unsaturated/α-hetero) is 2. The molecule has 3 nitrogen and oxygen atoms in total. The van der Waals surface area contributed by atoms with E-state index in [-0.39, 0.29) is 17.1 Å². The SMILES string of the molecule is COc1c(Br)cc(Br)cc1C=C1C(=O)c2ccccc2C1=O. The van der Waals surface area contributed by atoms with Gasteiger partial charge in [0.2, 0.25) is 0 Å². The lowest BCUT2D eigenvalue weighted by atomic mass is 10.1. The maximum atomic E-state index is 12.4. The number of carbonyl (C=O) groups excluding carboxylic acids is 2. The molecule has 0 spiro atoms. The number of benzene rings is 2. The number of halogens is 2. The highest BCUT2D eigenvalue weighted by atomic mass is 79.9. The molecule has 2 aromatic rings. The summed E-state index contributed by atoms with van der Waals surface area (Å²) in [4.78, 5) is 24.9. The zero-order chi connectivity index (χ0) is 15.9. The summed E-state index contributed by atoms with van der Waals surface area (Å²) >= 11 is 6.81. The fourth-order valence-corrected chi connectivity index (χ4v) is 3.88. The van der Waals surface area contributed by atoms with E-state index in [2.05, 4.69) is 31.9 Å². The molecule has 2 aromatic carbocycles. The summed E-state index contributed by atoms with van der Waals surface area (Å²) < 4.78 is 6.92. The van der Waals surface area contributed by atoms with Crippen LogP contribution in [0.3, 0.4) is 0 Å². The molecule has 0 aromatic heterocycles. The molecule has 0 atom stereocenters. The minimum absolute atomic E-state index is 0.157. The highest BCUT2D eigenvalue weighted by Gasteiger charge is 2.32. The van der Waals surface area contributed by atoms with Crippen LogP contribution in [0.2, 0.25) is 0 Å². The zero-order valence-electron chi connectivity index (χ0n) is 11.5. The Bertz CT molecular complexity index is 801. The lowest BCUT2D eigenvalue weighted by Crippen LogP contribution is -2.01. The summed E-state index contributed by atoms with van der Waals surface area (Å²) in [6, 6.07) is 10.5. The molecule has 0 saturated carbocycles. The van der Waals surface area contributed by atoms with Crippen LogP contribution in [0.5, 0.6) is 5.75 Å². The second-order valence-electron chi connectivity index (χ2n) is 4.77. The van der Waals surface area contributed by atoms with E-state index < -0.39 is 0 Å². The van der Waals surface area contributed by atoms with Crippen molar-refractivity contribution in [2.45, 2.75) is 0 Å². The van der Waals surface area contributed by atoms with E-state index in [9.17, 15) is 9.59 Å². The highest BCUT2D eigenvalue weighted by molar-refractivity contribution is 9.11. The molecule has 0 aliphatic heterocycles. The predicted molar refractivity (Wildman–Crippen MR) is 91.5 cm³/mol. The van der Waals surface area contributed by atoms with Gasteiger partial charge in [-0.15, -0.1) is 0 Å². The Morgan fingerprint density at radius 3 is 2.14 bits per heavy atom. The van der Waals surface area contributed by atoms with Crippen molar-refractivity contribution < 1.29 is 14.3 Å². The molecule has 1 aliphatic carbocycles. The molecule has 0 fully saturated rings. The lowest BCUT2D eigenvalue weighted by Gasteiger charge is -2.08. The zero-order valence-corrected chi connectivity index (χ0v) is 14.7. The number of methoxy groups -OCH3 is 1. The third-order valence-corrected chi connectivity index (χ3v) is 4.49. The fourth-order valence-electron chi connectivity index (χ4n) is 2.46. The van der Waals surface area contributed by atoms with Crippen LogP contribution in [-0.4, -0.2) is 18.7 Å². The average Bonchev–Trinajstić information content (AvgIpc) is 2.73. The Kier molecular flexibility index (Phi) is 4.02. The molecule has 5 heteroatoms. The van der Waals surface area contributed by atoms with E-state index in [4.69, 9.17) is 4.74 Å². The Balaban J connectivity index is 2.16. The van der Waals surface area contributed by atoms with Crippen LogP contribution in [0.1, 0.15) is 26.3 Å². The normalized spacial score (nSPS) is 13.3. The summed E-state index contributed by atoms with van der Waals surface area (Å²) in [5, 5.41) is 0. The molecule has 0 amide bonds. The predicted octanol–water partition coefficient (Wildman–Crippen LogP) is 4.68. The topological polar surface area (TPSA) is 43.4 Å². The van der Waals surface area contributed by atoms with E-state index in [0.717, 1.165) is 8.95 Å². The summed E-state index contributed by atoms with van der Waals surface area (Å²) in [6.45, 7) is 0. The number of rotatable bonds is 2. The third-order valence-electron chi connectivity index (χ3n) is 3.45. The quantitative estimate of drug-likeness (QED) is 0.522. The number of fused-ring (bicyclic) bond motifs is 1. The van der Waals surface area contributed by atoms with Gasteiger partial charge in [0.05, 0.1) is 17.2 Å². The Morgan fingerprint density at radius 1 is 1.00 bits per heavy atom. The number of carbonyl (C=O) groups is 2. The van der Waals surface area contributed by atoms with Gasteiger partial charge in [-0.05, 0) is 34.1 Å². The van der Waals surface area contributed by atoms with Crippen LogP contribution >= 0.6 is 31.9 Å². The van der Waals surface area contributed by atoms with E-state index >= 15 is 0 Å². The Hall–Kier alpha value is -1.72. The lowest BCUT2D eigenvalue weighted by molar-refractivity contribution is 0.0990. The first-order valence-corrected chi connectivity index (χ1v) is 8.04. The van der Waals surface area contributed by atoms with Gasteiger partial charge in [0.1, 0.15) is 5.75 Å². The van der Waals surface area contributed by atoms with Crippen molar-refractivity contribution in [3.63, 3.8) is 0 Å². The van der Waals surface area contributed by atoms with Gasteiger partial charge in [0.25, 0.3) is 0 Å². The summed E-state index contributed by atoms with van der Waals surface area (Å²) in [6.07, 6.45) is 1.58. The standard InChI is InChI=1S/C17H10Br2O3/c1-22-17-9(6-10(18)8-14(17)19)7-13-15(20)11-4-2-3-5-12(11)16(13)21/h2-8H,1H3. The molecule has 3 rings (SSSR count). The molecule has 110 valence electrons. The molecule has 22 heavy (non-hydrogen) atoms. The summed E-state index contributed by atoms with van der Waals surface area (Å²) in [5.74, 6) is 0.0739. The second-order valence-corrected chi connectivity index (χ2v) is 6.54. The van der Waals surface area contributed by atoms with E-state index in [1.165, 1.54) is 0 Å².